The molecule has 4 N–H and O–H groups in total. The lowest BCUT2D eigenvalue weighted by Crippen LogP contribution is -2.52. The number of amides is 1. The van der Waals surface area contributed by atoms with E-state index >= 15 is 0 Å². The van der Waals surface area contributed by atoms with Crippen LogP contribution in [0.1, 0.15) is 44.6 Å². The van der Waals surface area contributed by atoms with Crippen LogP contribution in [0.3, 0.4) is 0 Å². The molecule has 112 valence electrons. The van der Waals surface area contributed by atoms with Crippen molar-refractivity contribution in [3.63, 3.8) is 0 Å². The number of hydrogen-bond acceptors (Lipinski definition) is 3. The Labute approximate surface area is 121 Å². The molecule has 0 aliphatic carbocycles. The van der Waals surface area contributed by atoms with E-state index in [2.05, 4.69) is 6.92 Å². The van der Waals surface area contributed by atoms with Gasteiger partial charge >= 0.3 is 0 Å². The van der Waals surface area contributed by atoms with E-state index in [9.17, 15) is 4.79 Å². The van der Waals surface area contributed by atoms with E-state index in [0.29, 0.717) is 12.2 Å². The largest absolute Gasteiger partial charge is 0.379 e. The van der Waals surface area contributed by atoms with Crippen molar-refractivity contribution in [3.05, 3.63) is 35.9 Å². The lowest BCUT2D eigenvalue weighted by molar-refractivity contribution is -0.125. The summed E-state index contributed by atoms with van der Waals surface area (Å²) in [4.78, 5) is 11.6. The molecule has 20 heavy (non-hydrogen) atoms. The lowest BCUT2D eigenvalue weighted by atomic mass is 9.91. The first-order valence-electron chi connectivity index (χ1n) is 7.33. The minimum absolute atomic E-state index is 0.125. The van der Waals surface area contributed by atoms with E-state index in [0.717, 1.165) is 12.8 Å². The molecule has 0 fully saturated rings. The maximum Gasteiger partial charge on any atom is 0.244 e. The van der Waals surface area contributed by atoms with E-state index in [1.54, 1.807) is 12.1 Å². The number of primary amides is 1. The number of rotatable bonds is 10. The second-order valence-corrected chi connectivity index (χ2v) is 5.17. The molecule has 0 aliphatic rings. The predicted octanol–water partition coefficient (Wildman–Crippen LogP) is 2.31. The highest BCUT2D eigenvalue weighted by molar-refractivity contribution is 5.86. The zero-order chi connectivity index (χ0) is 14.8. The van der Waals surface area contributed by atoms with Gasteiger partial charge in [-0.05, 0) is 12.0 Å². The molecule has 1 atom stereocenters. The Balaban J connectivity index is 2.43. The summed E-state index contributed by atoms with van der Waals surface area (Å²) in [6.45, 7) is 2.93. The van der Waals surface area contributed by atoms with Crippen LogP contribution in [0.2, 0.25) is 0 Å². The van der Waals surface area contributed by atoms with E-state index in [1.165, 1.54) is 19.3 Å². The molecule has 0 radical (unpaired) electrons. The second-order valence-electron chi connectivity index (χ2n) is 5.17. The molecular weight excluding hydrogens is 252 g/mol. The maximum atomic E-state index is 11.6. The molecule has 4 heteroatoms. The third-order valence-corrected chi connectivity index (χ3v) is 3.45. The van der Waals surface area contributed by atoms with Gasteiger partial charge in [0.2, 0.25) is 5.91 Å². The smallest absolute Gasteiger partial charge is 0.244 e. The summed E-state index contributed by atoms with van der Waals surface area (Å²) in [6, 6.07) is 9.15. The van der Waals surface area contributed by atoms with Crippen LogP contribution in [0.15, 0.2) is 30.3 Å². The van der Waals surface area contributed by atoms with Crippen LogP contribution in [-0.2, 0) is 15.1 Å². The van der Waals surface area contributed by atoms with E-state index < -0.39 is 11.4 Å². The Morgan fingerprint density at radius 3 is 2.40 bits per heavy atom. The van der Waals surface area contributed by atoms with Gasteiger partial charge in [0.25, 0.3) is 0 Å². The summed E-state index contributed by atoms with van der Waals surface area (Å²) in [5.41, 5.74) is 11.0. The van der Waals surface area contributed by atoms with Crippen molar-refractivity contribution < 1.29 is 9.53 Å². The van der Waals surface area contributed by atoms with Gasteiger partial charge in [-0.15, -0.1) is 0 Å². The zero-order valence-electron chi connectivity index (χ0n) is 12.3. The molecule has 1 aromatic rings. The summed E-state index contributed by atoms with van der Waals surface area (Å²) in [5, 5.41) is 0. The minimum atomic E-state index is -1.25. The van der Waals surface area contributed by atoms with Gasteiger partial charge in [-0.25, -0.2) is 0 Å². The molecule has 0 bridgehead atoms. The van der Waals surface area contributed by atoms with Crippen molar-refractivity contribution in [1.82, 2.24) is 0 Å². The molecular formula is C16H26N2O2. The number of unbranched alkanes of at least 4 members (excludes halogenated alkanes) is 4. The van der Waals surface area contributed by atoms with E-state index in [4.69, 9.17) is 16.2 Å². The molecule has 1 unspecified atom stereocenters. The average Bonchev–Trinajstić information content (AvgIpc) is 2.46. The van der Waals surface area contributed by atoms with Crippen LogP contribution in [-0.4, -0.2) is 19.1 Å². The van der Waals surface area contributed by atoms with Gasteiger partial charge in [0, 0.05) is 6.61 Å². The monoisotopic (exact) mass is 278 g/mol. The quantitative estimate of drug-likeness (QED) is 0.645. The van der Waals surface area contributed by atoms with Gasteiger partial charge in [-0.1, -0.05) is 62.9 Å². The molecule has 0 saturated carbocycles. The van der Waals surface area contributed by atoms with Crippen molar-refractivity contribution in [2.45, 2.75) is 44.6 Å². The van der Waals surface area contributed by atoms with Crippen molar-refractivity contribution in [2.24, 2.45) is 11.5 Å². The highest BCUT2D eigenvalue weighted by Gasteiger charge is 2.34. The summed E-state index contributed by atoms with van der Waals surface area (Å²) >= 11 is 0. The Morgan fingerprint density at radius 1 is 1.15 bits per heavy atom. The van der Waals surface area contributed by atoms with Gasteiger partial charge in [-0.3, -0.25) is 4.79 Å². The molecule has 1 aromatic carbocycles. The van der Waals surface area contributed by atoms with Crippen LogP contribution in [0, 0.1) is 0 Å². The number of carbonyl (C=O) groups is 1. The number of carbonyl (C=O) groups excluding carboxylic acids is 1. The predicted molar refractivity (Wildman–Crippen MR) is 81.1 cm³/mol. The third-order valence-electron chi connectivity index (χ3n) is 3.45. The average molecular weight is 278 g/mol. The molecule has 0 saturated heterocycles. The fraction of sp³-hybridized carbons (Fsp3) is 0.562. The molecule has 0 heterocycles. The van der Waals surface area contributed by atoms with Crippen molar-refractivity contribution in [2.75, 3.05) is 13.2 Å². The van der Waals surface area contributed by atoms with E-state index in [-0.39, 0.29) is 6.61 Å². The van der Waals surface area contributed by atoms with Gasteiger partial charge in [0.1, 0.15) is 5.54 Å². The highest BCUT2D eigenvalue weighted by atomic mass is 16.5. The van der Waals surface area contributed by atoms with Gasteiger partial charge in [-0.2, -0.15) is 0 Å². The number of hydrogen-bond donors (Lipinski definition) is 2. The van der Waals surface area contributed by atoms with Crippen molar-refractivity contribution in [1.29, 1.82) is 0 Å². The molecule has 1 rings (SSSR count). The van der Waals surface area contributed by atoms with Crippen LogP contribution in [0.5, 0.6) is 0 Å². The van der Waals surface area contributed by atoms with Crippen molar-refractivity contribution >= 4 is 5.91 Å². The molecule has 1 amide bonds. The summed E-state index contributed by atoms with van der Waals surface area (Å²) < 4.78 is 5.57. The number of benzene rings is 1. The van der Waals surface area contributed by atoms with Gasteiger partial charge < -0.3 is 16.2 Å². The van der Waals surface area contributed by atoms with Crippen molar-refractivity contribution in [3.8, 4) is 0 Å². The highest BCUT2D eigenvalue weighted by Crippen LogP contribution is 2.18. The lowest BCUT2D eigenvalue weighted by Gasteiger charge is -2.26. The number of nitrogens with two attached hydrogens (primary N) is 2. The first-order valence-corrected chi connectivity index (χ1v) is 7.33. The molecule has 4 nitrogen and oxygen atoms in total. The Kier molecular flexibility index (Phi) is 7.26. The molecule has 0 aromatic heterocycles. The summed E-state index contributed by atoms with van der Waals surface area (Å²) in [5.74, 6) is -0.560. The molecule has 0 spiro atoms. The van der Waals surface area contributed by atoms with Crippen LogP contribution < -0.4 is 11.5 Å². The Hall–Kier alpha value is -1.39. The number of ether oxygens (including phenoxy) is 1. The first kappa shape index (κ1) is 16.7. The minimum Gasteiger partial charge on any atom is -0.379 e. The maximum absolute atomic E-state index is 11.6. The summed E-state index contributed by atoms with van der Waals surface area (Å²) in [6.07, 6.45) is 5.84. The molecule has 0 aliphatic heterocycles. The zero-order valence-corrected chi connectivity index (χ0v) is 12.3. The second kappa shape index (κ2) is 8.72. The summed E-state index contributed by atoms with van der Waals surface area (Å²) in [7, 11) is 0. The van der Waals surface area contributed by atoms with Crippen LogP contribution in [0.25, 0.3) is 0 Å². The Bertz CT molecular complexity index is 395. The van der Waals surface area contributed by atoms with Crippen LogP contribution >= 0.6 is 0 Å². The van der Waals surface area contributed by atoms with Gasteiger partial charge in [0.15, 0.2) is 0 Å². The fourth-order valence-electron chi connectivity index (χ4n) is 2.07. The fourth-order valence-corrected chi connectivity index (χ4v) is 2.07. The van der Waals surface area contributed by atoms with Gasteiger partial charge in [0.05, 0.1) is 6.61 Å². The Morgan fingerprint density at radius 2 is 1.80 bits per heavy atom. The third kappa shape index (κ3) is 4.94. The van der Waals surface area contributed by atoms with Crippen LogP contribution in [0.4, 0.5) is 0 Å². The standard InChI is InChI=1S/C16H26N2O2/c1-2-3-4-5-9-12-20-13-16(18,15(17)19)14-10-7-6-8-11-14/h6-8,10-11H,2-5,9,12-13,18H2,1H3,(H2,17,19). The normalized spacial score (nSPS) is 13.9. The van der Waals surface area contributed by atoms with E-state index in [1.807, 2.05) is 18.2 Å². The first-order chi connectivity index (χ1) is 9.61. The SMILES string of the molecule is CCCCCCCOCC(N)(C(N)=O)c1ccccc1. The topological polar surface area (TPSA) is 78.3 Å².